The number of nitrogens with one attached hydrogen (secondary N) is 1. The van der Waals surface area contributed by atoms with Gasteiger partial charge in [0.1, 0.15) is 0 Å². The lowest BCUT2D eigenvalue weighted by molar-refractivity contribution is 0.0501. The van der Waals surface area contributed by atoms with E-state index in [0.717, 1.165) is 11.4 Å². The molecule has 0 saturated heterocycles. The molecule has 112 valence electrons. The molecule has 20 heavy (non-hydrogen) atoms. The van der Waals surface area contributed by atoms with Gasteiger partial charge < -0.3 is 20.2 Å². The summed E-state index contributed by atoms with van der Waals surface area (Å²) in [6, 6.07) is 7.42. The monoisotopic (exact) mass is 279 g/mol. The number of aliphatic hydroxyl groups is 1. The third-order valence-electron chi connectivity index (χ3n) is 2.87. The quantitative estimate of drug-likeness (QED) is 0.870. The number of benzene rings is 1. The molecular weight excluding hydrogens is 254 g/mol. The van der Waals surface area contributed by atoms with Crippen molar-refractivity contribution in [2.24, 2.45) is 0 Å². The average molecular weight is 279 g/mol. The lowest BCUT2D eigenvalue weighted by atomic mass is 10.1. The first-order chi connectivity index (χ1) is 9.24. The van der Waals surface area contributed by atoms with Gasteiger partial charge in [-0.2, -0.15) is 0 Å². The van der Waals surface area contributed by atoms with Crippen LogP contribution >= 0.6 is 0 Å². The maximum absolute atomic E-state index is 12.3. The minimum absolute atomic E-state index is 0.205. The summed E-state index contributed by atoms with van der Waals surface area (Å²) in [5.74, 6) is 0. The van der Waals surface area contributed by atoms with Crippen LogP contribution in [0.2, 0.25) is 0 Å². The van der Waals surface area contributed by atoms with Crippen molar-refractivity contribution in [3.05, 3.63) is 24.3 Å². The van der Waals surface area contributed by atoms with E-state index in [1.54, 1.807) is 18.7 Å². The highest BCUT2D eigenvalue weighted by Crippen LogP contribution is 2.23. The fourth-order valence-corrected chi connectivity index (χ4v) is 1.96. The second kappa shape index (κ2) is 6.61. The van der Waals surface area contributed by atoms with E-state index in [2.05, 4.69) is 5.32 Å². The van der Waals surface area contributed by atoms with Crippen molar-refractivity contribution in [3.63, 3.8) is 0 Å². The molecule has 0 radical (unpaired) electrons. The normalized spacial score (nSPS) is 11.1. The molecule has 0 aliphatic carbocycles. The molecule has 5 nitrogen and oxygen atoms in total. The molecule has 0 aliphatic rings. The maximum atomic E-state index is 12.3. The summed E-state index contributed by atoms with van der Waals surface area (Å²) in [7, 11) is 3.86. The zero-order valence-electron chi connectivity index (χ0n) is 13.0. The average Bonchev–Trinajstić information content (AvgIpc) is 2.35. The molecular formula is C15H25N3O2. The number of carbonyl (C=O) groups is 1. The molecule has 0 atom stereocenters. The number of hydrogen-bond donors (Lipinski definition) is 2. The van der Waals surface area contributed by atoms with E-state index in [0.29, 0.717) is 13.1 Å². The van der Waals surface area contributed by atoms with E-state index in [1.165, 1.54) is 0 Å². The number of hydrogen-bond acceptors (Lipinski definition) is 3. The second-order valence-electron chi connectivity index (χ2n) is 5.67. The zero-order valence-corrected chi connectivity index (χ0v) is 13.0. The molecule has 0 bridgehead atoms. The van der Waals surface area contributed by atoms with Gasteiger partial charge in [-0.05, 0) is 32.9 Å². The predicted octanol–water partition coefficient (Wildman–Crippen LogP) is 2.38. The third-order valence-corrected chi connectivity index (χ3v) is 2.87. The van der Waals surface area contributed by atoms with Crippen molar-refractivity contribution in [3.8, 4) is 0 Å². The fourth-order valence-electron chi connectivity index (χ4n) is 1.96. The summed E-state index contributed by atoms with van der Waals surface area (Å²) in [5, 5.41) is 12.7. The standard InChI is InChI=1S/C15H25N3O2/c1-6-18(11-15(2,3)20)14(19)16-12-9-7-8-10-13(12)17(4)5/h7-10,20H,6,11H2,1-5H3,(H,16,19). The smallest absolute Gasteiger partial charge is 0.321 e. The van der Waals surface area contributed by atoms with Crippen molar-refractivity contribution in [1.29, 1.82) is 0 Å². The molecule has 0 fully saturated rings. The molecule has 0 saturated carbocycles. The molecule has 0 aromatic heterocycles. The first-order valence-corrected chi connectivity index (χ1v) is 6.79. The van der Waals surface area contributed by atoms with Crippen molar-refractivity contribution in [2.75, 3.05) is 37.4 Å². The number of para-hydroxylation sites is 2. The first kappa shape index (κ1) is 16.3. The van der Waals surface area contributed by atoms with Gasteiger partial charge in [-0.15, -0.1) is 0 Å². The Morgan fingerprint density at radius 1 is 1.30 bits per heavy atom. The van der Waals surface area contributed by atoms with Crippen molar-refractivity contribution < 1.29 is 9.90 Å². The van der Waals surface area contributed by atoms with Crippen LogP contribution in [0.4, 0.5) is 16.2 Å². The molecule has 2 N–H and O–H groups in total. The van der Waals surface area contributed by atoms with Crippen molar-refractivity contribution in [1.82, 2.24) is 4.90 Å². The number of amides is 2. The van der Waals surface area contributed by atoms with E-state index in [9.17, 15) is 9.90 Å². The largest absolute Gasteiger partial charge is 0.389 e. The highest BCUT2D eigenvalue weighted by atomic mass is 16.3. The summed E-state index contributed by atoms with van der Waals surface area (Å²) >= 11 is 0. The Labute approximate surface area is 121 Å². The summed E-state index contributed by atoms with van der Waals surface area (Å²) in [5.41, 5.74) is 0.797. The lowest BCUT2D eigenvalue weighted by Gasteiger charge is -2.29. The Hall–Kier alpha value is -1.75. The van der Waals surface area contributed by atoms with E-state index < -0.39 is 5.60 Å². The minimum atomic E-state index is -0.908. The van der Waals surface area contributed by atoms with Crippen LogP contribution in [0.15, 0.2) is 24.3 Å². The van der Waals surface area contributed by atoms with Gasteiger partial charge in [0.05, 0.1) is 23.5 Å². The van der Waals surface area contributed by atoms with Crippen LogP contribution in [-0.2, 0) is 0 Å². The molecule has 1 aromatic rings. The number of anilines is 2. The van der Waals surface area contributed by atoms with E-state index in [4.69, 9.17) is 0 Å². The number of likely N-dealkylation sites (N-methyl/N-ethyl adjacent to an activating group) is 1. The molecule has 0 aliphatic heterocycles. The third kappa shape index (κ3) is 4.74. The van der Waals surface area contributed by atoms with Crippen LogP contribution in [0.3, 0.4) is 0 Å². The van der Waals surface area contributed by atoms with Gasteiger partial charge >= 0.3 is 6.03 Å². The number of rotatable bonds is 5. The van der Waals surface area contributed by atoms with E-state index in [1.807, 2.05) is 50.2 Å². The second-order valence-corrected chi connectivity index (χ2v) is 5.67. The van der Waals surface area contributed by atoms with Gasteiger partial charge in [-0.25, -0.2) is 4.79 Å². The molecule has 1 aromatic carbocycles. The molecule has 0 spiro atoms. The van der Waals surface area contributed by atoms with Crippen LogP contribution in [0.1, 0.15) is 20.8 Å². The van der Waals surface area contributed by atoms with E-state index >= 15 is 0 Å². The zero-order chi connectivity index (χ0) is 15.3. The number of nitrogens with zero attached hydrogens (tertiary/aromatic N) is 2. The Morgan fingerprint density at radius 3 is 2.40 bits per heavy atom. The molecule has 1 rings (SSSR count). The fraction of sp³-hybridized carbons (Fsp3) is 0.533. The van der Waals surface area contributed by atoms with Gasteiger partial charge in [0.2, 0.25) is 0 Å². The van der Waals surface area contributed by atoms with Crippen molar-refractivity contribution >= 4 is 17.4 Å². The van der Waals surface area contributed by atoms with Gasteiger partial charge in [-0.3, -0.25) is 0 Å². The summed E-state index contributed by atoms with van der Waals surface area (Å²) in [6.07, 6.45) is 0. The van der Waals surface area contributed by atoms with Crippen LogP contribution in [-0.4, -0.2) is 48.8 Å². The van der Waals surface area contributed by atoms with Crippen LogP contribution in [0.25, 0.3) is 0 Å². The number of carbonyl (C=O) groups excluding carboxylic acids is 1. The van der Waals surface area contributed by atoms with E-state index in [-0.39, 0.29) is 6.03 Å². The topological polar surface area (TPSA) is 55.8 Å². The molecule has 0 heterocycles. The van der Waals surface area contributed by atoms with Crippen molar-refractivity contribution in [2.45, 2.75) is 26.4 Å². The van der Waals surface area contributed by atoms with Gasteiger partial charge in [-0.1, -0.05) is 12.1 Å². The Bertz CT molecular complexity index is 453. The maximum Gasteiger partial charge on any atom is 0.321 e. The Balaban J connectivity index is 2.84. The Morgan fingerprint density at radius 2 is 1.90 bits per heavy atom. The van der Waals surface area contributed by atoms with Crippen LogP contribution in [0, 0.1) is 0 Å². The minimum Gasteiger partial charge on any atom is -0.389 e. The Kier molecular flexibility index (Phi) is 5.39. The van der Waals surface area contributed by atoms with Gasteiger partial charge in [0, 0.05) is 20.6 Å². The summed E-state index contributed by atoms with van der Waals surface area (Å²) in [4.78, 5) is 15.8. The lowest BCUT2D eigenvalue weighted by Crippen LogP contribution is -2.44. The van der Waals surface area contributed by atoms with Crippen LogP contribution < -0.4 is 10.2 Å². The molecule has 0 unspecified atom stereocenters. The summed E-state index contributed by atoms with van der Waals surface area (Å²) in [6.45, 7) is 6.11. The van der Waals surface area contributed by atoms with Gasteiger partial charge in [0.25, 0.3) is 0 Å². The molecule has 2 amide bonds. The first-order valence-electron chi connectivity index (χ1n) is 6.79. The summed E-state index contributed by atoms with van der Waals surface area (Å²) < 4.78 is 0. The molecule has 5 heteroatoms. The highest BCUT2D eigenvalue weighted by Gasteiger charge is 2.21. The predicted molar refractivity (Wildman–Crippen MR) is 83.3 cm³/mol. The highest BCUT2D eigenvalue weighted by molar-refractivity contribution is 5.93. The van der Waals surface area contributed by atoms with Crippen LogP contribution in [0.5, 0.6) is 0 Å². The SMILES string of the molecule is CCN(CC(C)(C)O)C(=O)Nc1ccccc1N(C)C. The van der Waals surface area contributed by atoms with Gasteiger partial charge in [0.15, 0.2) is 0 Å². The number of urea groups is 1.